The number of halogens is 1. The molecule has 0 saturated carbocycles. The number of oxazole rings is 1. The number of fused-ring (bicyclic) bond motifs is 1. The Hall–Kier alpha value is -2.67. The van der Waals surface area contributed by atoms with Crippen LogP contribution >= 0.6 is 22.6 Å². The maximum absolute atomic E-state index is 12.4. The summed E-state index contributed by atoms with van der Waals surface area (Å²) in [5, 5.41) is 2.91. The number of benzene rings is 3. The Morgan fingerprint density at radius 1 is 0.960 bits per heavy atom. The molecule has 0 aliphatic rings. The average Bonchev–Trinajstić information content (AvgIpc) is 3.06. The molecule has 4 aromatic rings. The zero-order chi connectivity index (χ0) is 17.2. The first kappa shape index (κ1) is 15.8. The van der Waals surface area contributed by atoms with Crippen molar-refractivity contribution in [1.29, 1.82) is 0 Å². The van der Waals surface area contributed by atoms with Crippen molar-refractivity contribution in [3.63, 3.8) is 0 Å². The molecular weight excluding hydrogens is 427 g/mol. The van der Waals surface area contributed by atoms with Crippen LogP contribution in [0.3, 0.4) is 0 Å². The van der Waals surface area contributed by atoms with Crippen LogP contribution in [0.5, 0.6) is 0 Å². The minimum absolute atomic E-state index is 0.142. The lowest BCUT2D eigenvalue weighted by Gasteiger charge is -2.06. The van der Waals surface area contributed by atoms with E-state index in [-0.39, 0.29) is 5.91 Å². The van der Waals surface area contributed by atoms with Crippen LogP contribution in [0.15, 0.2) is 77.2 Å². The van der Waals surface area contributed by atoms with E-state index in [2.05, 4.69) is 32.9 Å². The minimum atomic E-state index is -0.142. The summed E-state index contributed by atoms with van der Waals surface area (Å²) < 4.78 is 6.70. The Bertz CT molecular complexity index is 1060. The van der Waals surface area contributed by atoms with E-state index < -0.39 is 0 Å². The fourth-order valence-electron chi connectivity index (χ4n) is 2.55. The van der Waals surface area contributed by atoms with Gasteiger partial charge in [-0.15, -0.1) is 0 Å². The van der Waals surface area contributed by atoms with Gasteiger partial charge in [-0.2, -0.15) is 0 Å². The van der Waals surface area contributed by atoms with Gasteiger partial charge in [-0.1, -0.05) is 30.3 Å². The molecule has 122 valence electrons. The van der Waals surface area contributed by atoms with E-state index in [1.165, 1.54) is 0 Å². The first-order valence-corrected chi connectivity index (χ1v) is 8.80. The number of nitrogens with zero attached hydrogens (tertiary/aromatic N) is 1. The molecule has 0 spiro atoms. The zero-order valence-corrected chi connectivity index (χ0v) is 15.2. The lowest BCUT2D eigenvalue weighted by Crippen LogP contribution is -2.13. The van der Waals surface area contributed by atoms with E-state index >= 15 is 0 Å². The number of carbonyl (C=O) groups excluding carboxylic acids is 1. The molecule has 1 N–H and O–H groups in total. The van der Waals surface area contributed by atoms with Gasteiger partial charge in [-0.3, -0.25) is 4.79 Å². The van der Waals surface area contributed by atoms with Gasteiger partial charge in [0.15, 0.2) is 5.58 Å². The zero-order valence-electron chi connectivity index (χ0n) is 13.1. The van der Waals surface area contributed by atoms with E-state index in [1.54, 1.807) is 6.07 Å². The summed E-state index contributed by atoms with van der Waals surface area (Å²) in [6.45, 7) is 0. The van der Waals surface area contributed by atoms with Crippen molar-refractivity contribution < 1.29 is 9.21 Å². The van der Waals surface area contributed by atoms with Crippen molar-refractivity contribution in [2.45, 2.75) is 0 Å². The van der Waals surface area contributed by atoms with Crippen molar-refractivity contribution >= 4 is 45.3 Å². The molecule has 1 amide bonds. The third kappa shape index (κ3) is 3.28. The Balaban J connectivity index is 1.63. The van der Waals surface area contributed by atoms with Gasteiger partial charge < -0.3 is 9.73 Å². The van der Waals surface area contributed by atoms with E-state index in [0.717, 1.165) is 9.13 Å². The quantitative estimate of drug-likeness (QED) is 0.437. The third-order valence-electron chi connectivity index (χ3n) is 3.78. The molecule has 0 bridgehead atoms. The highest BCUT2D eigenvalue weighted by Crippen LogP contribution is 2.26. The Kier molecular flexibility index (Phi) is 4.23. The smallest absolute Gasteiger partial charge is 0.256 e. The van der Waals surface area contributed by atoms with Crippen LogP contribution in [0.2, 0.25) is 0 Å². The summed E-state index contributed by atoms with van der Waals surface area (Å²) in [6, 6.07) is 22.7. The Morgan fingerprint density at radius 2 is 1.72 bits per heavy atom. The number of hydrogen-bond donors (Lipinski definition) is 1. The highest BCUT2D eigenvalue weighted by Gasteiger charge is 2.12. The molecular formula is C20H13IN2O2. The molecule has 1 heterocycles. The van der Waals surface area contributed by atoms with Crippen molar-refractivity contribution in [3.05, 3.63) is 81.9 Å². The highest BCUT2D eigenvalue weighted by molar-refractivity contribution is 14.1. The fourth-order valence-corrected chi connectivity index (χ4v) is 3.19. The van der Waals surface area contributed by atoms with Crippen molar-refractivity contribution in [2.24, 2.45) is 0 Å². The summed E-state index contributed by atoms with van der Waals surface area (Å²) in [7, 11) is 0. The highest BCUT2D eigenvalue weighted by atomic mass is 127. The van der Waals surface area contributed by atoms with Gasteiger partial charge in [-0.25, -0.2) is 4.98 Å². The Labute approximate surface area is 158 Å². The van der Waals surface area contributed by atoms with Crippen molar-refractivity contribution in [2.75, 3.05) is 5.32 Å². The minimum Gasteiger partial charge on any atom is -0.436 e. The molecule has 4 rings (SSSR count). The van der Waals surface area contributed by atoms with E-state index in [1.807, 2.05) is 66.7 Å². The van der Waals surface area contributed by atoms with Crippen LogP contribution in [0.4, 0.5) is 5.69 Å². The van der Waals surface area contributed by atoms with Crippen LogP contribution in [0.25, 0.3) is 22.6 Å². The van der Waals surface area contributed by atoms with E-state index in [4.69, 9.17) is 4.42 Å². The SMILES string of the molecule is O=C(Nc1ccc2oc(-c3ccccc3)nc2c1)c1ccccc1I. The van der Waals surface area contributed by atoms with Gasteiger partial charge in [0.1, 0.15) is 5.52 Å². The van der Waals surface area contributed by atoms with E-state index in [0.29, 0.717) is 28.2 Å². The summed E-state index contributed by atoms with van der Waals surface area (Å²) in [6.07, 6.45) is 0. The van der Waals surface area contributed by atoms with Gasteiger partial charge in [0.25, 0.3) is 5.91 Å². The molecule has 0 unspecified atom stereocenters. The lowest BCUT2D eigenvalue weighted by molar-refractivity contribution is 0.102. The van der Waals surface area contributed by atoms with Crippen LogP contribution in [-0.2, 0) is 0 Å². The Morgan fingerprint density at radius 3 is 2.52 bits per heavy atom. The summed E-state index contributed by atoms with van der Waals surface area (Å²) in [5.41, 5.74) is 3.65. The van der Waals surface area contributed by atoms with E-state index in [9.17, 15) is 4.79 Å². The normalized spacial score (nSPS) is 10.8. The molecule has 0 radical (unpaired) electrons. The van der Waals surface area contributed by atoms with Crippen LogP contribution in [-0.4, -0.2) is 10.9 Å². The fraction of sp³-hybridized carbons (Fsp3) is 0. The topological polar surface area (TPSA) is 55.1 Å². The maximum Gasteiger partial charge on any atom is 0.256 e. The molecule has 0 aliphatic heterocycles. The lowest BCUT2D eigenvalue weighted by atomic mass is 10.2. The second-order valence-corrected chi connectivity index (χ2v) is 6.66. The number of nitrogens with one attached hydrogen (secondary N) is 1. The predicted molar refractivity (Wildman–Crippen MR) is 107 cm³/mol. The van der Waals surface area contributed by atoms with Gasteiger partial charge >= 0.3 is 0 Å². The van der Waals surface area contributed by atoms with Gasteiger partial charge in [-0.05, 0) is 65.1 Å². The van der Waals surface area contributed by atoms with Gasteiger partial charge in [0.05, 0.1) is 5.56 Å². The molecule has 5 heteroatoms. The average molecular weight is 440 g/mol. The number of rotatable bonds is 3. The number of carbonyl (C=O) groups is 1. The van der Waals surface area contributed by atoms with Gasteiger partial charge in [0.2, 0.25) is 5.89 Å². The predicted octanol–water partition coefficient (Wildman–Crippen LogP) is 5.35. The number of aromatic nitrogens is 1. The second-order valence-electron chi connectivity index (χ2n) is 5.50. The van der Waals surface area contributed by atoms with Gasteiger partial charge in [0, 0.05) is 14.8 Å². The number of amides is 1. The maximum atomic E-state index is 12.4. The molecule has 1 aromatic heterocycles. The van der Waals surface area contributed by atoms with Crippen LogP contribution in [0.1, 0.15) is 10.4 Å². The van der Waals surface area contributed by atoms with Crippen molar-refractivity contribution in [1.82, 2.24) is 4.98 Å². The first-order valence-electron chi connectivity index (χ1n) is 7.72. The molecule has 4 nitrogen and oxygen atoms in total. The molecule has 0 atom stereocenters. The van der Waals surface area contributed by atoms with Crippen LogP contribution < -0.4 is 5.32 Å². The molecule has 0 aliphatic carbocycles. The summed E-state index contributed by atoms with van der Waals surface area (Å²) in [5.74, 6) is 0.424. The molecule has 0 fully saturated rings. The third-order valence-corrected chi connectivity index (χ3v) is 4.73. The monoisotopic (exact) mass is 440 g/mol. The molecule has 25 heavy (non-hydrogen) atoms. The summed E-state index contributed by atoms with van der Waals surface area (Å²) >= 11 is 2.15. The molecule has 0 saturated heterocycles. The number of anilines is 1. The number of hydrogen-bond acceptors (Lipinski definition) is 3. The first-order chi connectivity index (χ1) is 12.2. The molecule has 3 aromatic carbocycles. The standard InChI is InChI=1S/C20H13IN2O2/c21-16-9-5-4-8-15(16)19(24)22-14-10-11-18-17(12-14)23-20(25-18)13-6-2-1-3-7-13/h1-12H,(H,22,24). The van der Waals surface area contributed by atoms with Crippen molar-refractivity contribution in [3.8, 4) is 11.5 Å². The largest absolute Gasteiger partial charge is 0.436 e. The van der Waals surface area contributed by atoms with Crippen LogP contribution in [0, 0.1) is 3.57 Å². The second kappa shape index (κ2) is 6.68. The summed E-state index contributed by atoms with van der Waals surface area (Å²) in [4.78, 5) is 17.0.